The predicted octanol–water partition coefficient (Wildman–Crippen LogP) is 3.13. The second-order valence-electron chi connectivity index (χ2n) is 5.60. The van der Waals surface area contributed by atoms with Crippen LogP contribution >= 0.6 is 0 Å². The van der Waals surface area contributed by atoms with Crippen molar-refractivity contribution in [3.05, 3.63) is 23.8 Å². The second kappa shape index (κ2) is 8.67. The SMILES string of the molecule is COc1ccc(C=NCCCNC2CCCCC2)c(O)c1. The number of nitrogens with zero attached hydrogens (tertiary/aromatic N) is 1. The van der Waals surface area contributed by atoms with Gasteiger partial charge in [0.1, 0.15) is 11.5 Å². The normalized spacial score (nSPS) is 16.4. The summed E-state index contributed by atoms with van der Waals surface area (Å²) in [7, 11) is 1.59. The van der Waals surface area contributed by atoms with E-state index in [9.17, 15) is 5.11 Å². The number of aromatic hydroxyl groups is 1. The average molecular weight is 290 g/mol. The van der Waals surface area contributed by atoms with Gasteiger partial charge in [0.25, 0.3) is 0 Å². The van der Waals surface area contributed by atoms with E-state index < -0.39 is 0 Å². The number of benzene rings is 1. The van der Waals surface area contributed by atoms with Crippen LogP contribution < -0.4 is 10.1 Å². The smallest absolute Gasteiger partial charge is 0.128 e. The molecule has 1 aromatic rings. The molecule has 1 aromatic carbocycles. The summed E-state index contributed by atoms with van der Waals surface area (Å²) in [5.41, 5.74) is 0.732. The van der Waals surface area contributed by atoms with E-state index in [-0.39, 0.29) is 5.75 Å². The summed E-state index contributed by atoms with van der Waals surface area (Å²) in [6.07, 6.45) is 9.54. The number of rotatable bonds is 7. The molecule has 0 aromatic heterocycles. The molecule has 0 radical (unpaired) electrons. The molecule has 1 aliphatic rings. The van der Waals surface area contributed by atoms with Gasteiger partial charge in [0, 0.05) is 30.4 Å². The summed E-state index contributed by atoms with van der Waals surface area (Å²) in [5, 5.41) is 13.4. The van der Waals surface area contributed by atoms with Gasteiger partial charge in [-0.05, 0) is 37.9 Å². The number of phenolic OH excluding ortho intramolecular Hbond substituents is 1. The van der Waals surface area contributed by atoms with Crippen molar-refractivity contribution in [3.8, 4) is 11.5 Å². The number of hydrogen-bond acceptors (Lipinski definition) is 4. The molecule has 0 amide bonds. The summed E-state index contributed by atoms with van der Waals surface area (Å²) in [6, 6.07) is 5.96. The van der Waals surface area contributed by atoms with Crippen molar-refractivity contribution in [2.75, 3.05) is 20.2 Å². The Balaban J connectivity index is 1.65. The van der Waals surface area contributed by atoms with Crippen molar-refractivity contribution in [2.24, 2.45) is 4.99 Å². The average Bonchev–Trinajstić information content (AvgIpc) is 2.53. The first-order valence-electron chi connectivity index (χ1n) is 7.90. The van der Waals surface area contributed by atoms with E-state index in [0.29, 0.717) is 11.8 Å². The van der Waals surface area contributed by atoms with Crippen LogP contribution in [0.1, 0.15) is 44.1 Å². The number of phenols is 1. The number of nitrogens with one attached hydrogen (secondary N) is 1. The minimum absolute atomic E-state index is 0.207. The predicted molar refractivity (Wildman–Crippen MR) is 86.6 cm³/mol. The molecule has 1 fully saturated rings. The molecule has 2 N–H and O–H groups in total. The molecule has 0 spiro atoms. The topological polar surface area (TPSA) is 53.8 Å². The van der Waals surface area contributed by atoms with E-state index >= 15 is 0 Å². The molecule has 21 heavy (non-hydrogen) atoms. The van der Waals surface area contributed by atoms with Gasteiger partial charge in [-0.15, -0.1) is 0 Å². The van der Waals surface area contributed by atoms with Crippen molar-refractivity contribution in [1.82, 2.24) is 5.32 Å². The fourth-order valence-corrected chi connectivity index (χ4v) is 2.71. The van der Waals surface area contributed by atoms with Gasteiger partial charge < -0.3 is 15.2 Å². The zero-order valence-electron chi connectivity index (χ0n) is 12.8. The fourth-order valence-electron chi connectivity index (χ4n) is 2.71. The zero-order chi connectivity index (χ0) is 14.9. The van der Waals surface area contributed by atoms with Crippen molar-refractivity contribution < 1.29 is 9.84 Å². The largest absolute Gasteiger partial charge is 0.507 e. The minimum atomic E-state index is 0.207. The molecule has 2 rings (SSSR count). The van der Waals surface area contributed by atoms with Crippen molar-refractivity contribution in [1.29, 1.82) is 0 Å². The molecule has 4 nitrogen and oxygen atoms in total. The molecule has 0 saturated heterocycles. The highest BCUT2D eigenvalue weighted by Crippen LogP contribution is 2.21. The van der Waals surface area contributed by atoms with Crippen LogP contribution in [-0.4, -0.2) is 37.6 Å². The Morgan fingerprint density at radius 1 is 1.33 bits per heavy atom. The molecule has 116 valence electrons. The lowest BCUT2D eigenvalue weighted by atomic mass is 9.95. The molecular weight excluding hydrogens is 264 g/mol. The summed E-state index contributed by atoms with van der Waals surface area (Å²) in [6.45, 7) is 1.81. The molecule has 4 heteroatoms. The van der Waals surface area contributed by atoms with Gasteiger partial charge in [0.2, 0.25) is 0 Å². The lowest BCUT2D eigenvalue weighted by Crippen LogP contribution is -2.31. The van der Waals surface area contributed by atoms with Crippen LogP contribution in [0.2, 0.25) is 0 Å². The maximum Gasteiger partial charge on any atom is 0.128 e. The molecule has 0 heterocycles. The number of methoxy groups -OCH3 is 1. The Bertz CT molecular complexity index is 454. The third-order valence-corrected chi connectivity index (χ3v) is 3.97. The Kier molecular flexibility index (Phi) is 6.54. The summed E-state index contributed by atoms with van der Waals surface area (Å²) in [4.78, 5) is 4.37. The van der Waals surface area contributed by atoms with Crippen LogP contribution in [0.15, 0.2) is 23.2 Å². The van der Waals surface area contributed by atoms with Crippen molar-refractivity contribution >= 4 is 6.21 Å². The first-order chi connectivity index (χ1) is 10.3. The fraction of sp³-hybridized carbons (Fsp3) is 0.588. The monoisotopic (exact) mass is 290 g/mol. The van der Waals surface area contributed by atoms with Crippen LogP contribution in [0.3, 0.4) is 0 Å². The maximum atomic E-state index is 9.81. The highest BCUT2D eigenvalue weighted by molar-refractivity contribution is 5.83. The van der Waals surface area contributed by atoms with Crippen LogP contribution in [0.25, 0.3) is 0 Å². The van der Waals surface area contributed by atoms with Crippen LogP contribution in [0, 0.1) is 0 Å². The summed E-state index contributed by atoms with van der Waals surface area (Å²) >= 11 is 0. The lowest BCUT2D eigenvalue weighted by Gasteiger charge is -2.22. The Labute approximate surface area is 127 Å². The zero-order valence-corrected chi connectivity index (χ0v) is 12.8. The third-order valence-electron chi connectivity index (χ3n) is 3.97. The highest BCUT2D eigenvalue weighted by Gasteiger charge is 2.11. The quantitative estimate of drug-likeness (QED) is 0.599. The van der Waals surface area contributed by atoms with Crippen LogP contribution in [-0.2, 0) is 0 Å². The molecule has 0 bridgehead atoms. The highest BCUT2D eigenvalue weighted by atomic mass is 16.5. The first-order valence-corrected chi connectivity index (χ1v) is 7.90. The maximum absolute atomic E-state index is 9.81. The molecule has 0 atom stereocenters. The van der Waals surface area contributed by atoms with Crippen LogP contribution in [0.5, 0.6) is 11.5 Å². The van der Waals surface area contributed by atoms with Gasteiger partial charge >= 0.3 is 0 Å². The van der Waals surface area contributed by atoms with E-state index in [0.717, 1.165) is 25.1 Å². The standard InChI is InChI=1S/C17H26N2O2/c1-21-16-9-8-14(17(20)12-16)13-18-10-5-11-19-15-6-3-2-4-7-15/h8-9,12-13,15,19-20H,2-7,10-11H2,1H3. The van der Waals surface area contributed by atoms with Gasteiger partial charge in [0.05, 0.1) is 7.11 Å². The molecule has 1 saturated carbocycles. The van der Waals surface area contributed by atoms with Gasteiger partial charge in [-0.2, -0.15) is 0 Å². The van der Waals surface area contributed by atoms with Crippen molar-refractivity contribution in [2.45, 2.75) is 44.6 Å². The van der Waals surface area contributed by atoms with Gasteiger partial charge in [-0.1, -0.05) is 19.3 Å². The Morgan fingerprint density at radius 2 is 2.14 bits per heavy atom. The summed E-state index contributed by atoms with van der Waals surface area (Å²) in [5.74, 6) is 0.861. The molecular formula is C17H26N2O2. The number of aliphatic imine (C=N–C) groups is 1. The van der Waals surface area contributed by atoms with Gasteiger partial charge in [0.15, 0.2) is 0 Å². The Morgan fingerprint density at radius 3 is 2.86 bits per heavy atom. The van der Waals surface area contributed by atoms with E-state index in [2.05, 4.69) is 10.3 Å². The van der Waals surface area contributed by atoms with Gasteiger partial charge in [-0.3, -0.25) is 4.99 Å². The van der Waals surface area contributed by atoms with Crippen LogP contribution in [0.4, 0.5) is 0 Å². The second-order valence-corrected chi connectivity index (χ2v) is 5.60. The Hall–Kier alpha value is -1.55. The molecule has 0 aliphatic heterocycles. The van der Waals surface area contributed by atoms with E-state index in [4.69, 9.17) is 4.74 Å². The van der Waals surface area contributed by atoms with Gasteiger partial charge in [-0.25, -0.2) is 0 Å². The lowest BCUT2D eigenvalue weighted by molar-refractivity contribution is 0.373. The number of hydrogen-bond donors (Lipinski definition) is 2. The molecule has 1 aliphatic carbocycles. The minimum Gasteiger partial charge on any atom is -0.507 e. The number of ether oxygens (including phenoxy) is 1. The first kappa shape index (κ1) is 15.8. The van der Waals surface area contributed by atoms with Crippen molar-refractivity contribution in [3.63, 3.8) is 0 Å². The summed E-state index contributed by atoms with van der Waals surface area (Å²) < 4.78 is 5.05. The van der Waals surface area contributed by atoms with E-state index in [1.54, 1.807) is 19.4 Å². The van der Waals surface area contributed by atoms with E-state index in [1.807, 2.05) is 12.1 Å². The third kappa shape index (κ3) is 5.38. The molecule has 0 unspecified atom stereocenters. The van der Waals surface area contributed by atoms with E-state index in [1.165, 1.54) is 32.1 Å².